The number of halogens is 3. The van der Waals surface area contributed by atoms with Gasteiger partial charge < -0.3 is 0 Å². The van der Waals surface area contributed by atoms with Crippen LogP contribution >= 0.6 is 15.9 Å². The van der Waals surface area contributed by atoms with Gasteiger partial charge in [0.15, 0.2) is 0 Å². The quantitative estimate of drug-likeness (QED) is 0.633. The molecule has 1 aromatic rings. The molecule has 0 fully saturated rings. The van der Waals surface area contributed by atoms with Crippen molar-refractivity contribution in [1.29, 1.82) is 0 Å². The first-order valence-corrected chi connectivity index (χ1v) is 7.75. The number of rotatable bonds is 3. The van der Waals surface area contributed by atoms with Crippen molar-refractivity contribution >= 4 is 27.7 Å². The molecule has 0 aliphatic carbocycles. The van der Waals surface area contributed by atoms with Crippen LogP contribution in [0.2, 0.25) is 0 Å². The summed E-state index contributed by atoms with van der Waals surface area (Å²) in [5, 5.41) is 2.20. The summed E-state index contributed by atoms with van der Waals surface area (Å²) in [6.07, 6.45) is 2.23. The molecule has 124 valence electrons. The lowest BCUT2D eigenvalue weighted by Crippen LogP contribution is -2.30. The minimum absolute atomic E-state index is 0.169. The molecule has 1 aromatic carbocycles. The lowest BCUT2D eigenvalue weighted by molar-refractivity contribution is -0.128. The molecule has 1 N–H and O–H groups in total. The van der Waals surface area contributed by atoms with E-state index in [1.54, 1.807) is 26.8 Å². The zero-order chi connectivity index (χ0) is 17.8. The maximum absolute atomic E-state index is 12.6. The Labute approximate surface area is 143 Å². The molecule has 0 aliphatic rings. The molecule has 3 nitrogen and oxygen atoms in total. The Morgan fingerprint density at radius 2 is 1.83 bits per heavy atom. The molecule has 23 heavy (non-hydrogen) atoms. The Morgan fingerprint density at radius 3 is 2.17 bits per heavy atom. The third-order valence-corrected chi connectivity index (χ3v) is 2.90. The summed E-state index contributed by atoms with van der Waals surface area (Å²) in [4.78, 5) is 24.5. The molecule has 0 bridgehead atoms. The Kier molecular flexibility index (Phi) is 10.5. The van der Waals surface area contributed by atoms with Crippen LogP contribution < -0.4 is 5.32 Å². The van der Waals surface area contributed by atoms with E-state index in [-0.39, 0.29) is 23.5 Å². The minimum Gasteiger partial charge on any atom is -0.292 e. The van der Waals surface area contributed by atoms with Gasteiger partial charge in [-0.3, -0.25) is 14.9 Å². The molecule has 0 aliphatic heterocycles. The second-order valence-corrected chi connectivity index (χ2v) is 4.60. The standard InChI is InChI=1S/C9H10BrNO2.C8H8F2/c1-3-7(5-6-10)9(13)11-8(12)4-2;1-2-6-7(9)4-3-5-8(6)10/h3H,4H2,1-2H3,(H,11,12,13);3-5H,2H2,1H3/b7-3-;. The predicted octanol–water partition coefficient (Wildman–Crippen LogP) is 3.87. The highest BCUT2D eigenvalue weighted by atomic mass is 79.9. The van der Waals surface area contributed by atoms with Crippen LogP contribution in [0.3, 0.4) is 0 Å². The van der Waals surface area contributed by atoms with Crippen molar-refractivity contribution in [2.45, 2.75) is 33.6 Å². The van der Waals surface area contributed by atoms with Gasteiger partial charge in [-0.15, -0.1) is 0 Å². The van der Waals surface area contributed by atoms with Crippen molar-refractivity contribution in [2.75, 3.05) is 0 Å². The van der Waals surface area contributed by atoms with Crippen molar-refractivity contribution in [2.24, 2.45) is 0 Å². The number of amides is 2. The van der Waals surface area contributed by atoms with Gasteiger partial charge in [0, 0.05) is 27.9 Å². The third-order valence-electron chi connectivity index (χ3n) is 2.70. The highest BCUT2D eigenvalue weighted by Gasteiger charge is 2.08. The zero-order valence-electron chi connectivity index (χ0n) is 13.2. The van der Waals surface area contributed by atoms with Crippen LogP contribution in [0.25, 0.3) is 0 Å². The van der Waals surface area contributed by atoms with E-state index in [9.17, 15) is 18.4 Å². The lowest BCUT2D eigenvalue weighted by Gasteiger charge is -1.99. The predicted molar refractivity (Wildman–Crippen MR) is 89.6 cm³/mol. The van der Waals surface area contributed by atoms with Crippen LogP contribution in [0.5, 0.6) is 0 Å². The van der Waals surface area contributed by atoms with Gasteiger partial charge in [0.25, 0.3) is 5.91 Å². The summed E-state index contributed by atoms with van der Waals surface area (Å²) >= 11 is 2.88. The molecule has 0 spiro atoms. The number of imide groups is 1. The Balaban J connectivity index is 0.000000433. The molecule has 0 unspecified atom stereocenters. The number of nitrogens with one attached hydrogen (secondary N) is 1. The normalized spacial score (nSPS) is 9.91. The number of hydrogen-bond donors (Lipinski definition) is 1. The molecule has 0 aromatic heterocycles. The van der Waals surface area contributed by atoms with Gasteiger partial charge >= 0.3 is 0 Å². The Morgan fingerprint density at radius 1 is 1.26 bits per heavy atom. The summed E-state index contributed by atoms with van der Waals surface area (Å²) in [6.45, 7) is 5.08. The molecular weight excluding hydrogens is 368 g/mol. The van der Waals surface area contributed by atoms with Crippen molar-refractivity contribution in [3.05, 3.63) is 47.0 Å². The fraction of sp³-hybridized carbons (Fsp3) is 0.294. The molecule has 0 atom stereocenters. The molecule has 0 saturated carbocycles. The van der Waals surface area contributed by atoms with Crippen LogP contribution in [0.4, 0.5) is 8.78 Å². The first-order valence-electron chi connectivity index (χ1n) is 6.96. The van der Waals surface area contributed by atoms with Gasteiger partial charge in [-0.1, -0.05) is 26.0 Å². The molecule has 0 saturated heterocycles. The third kappa shape index (κ3) is 7.71. The first kappa shape index (κ1) is 21.0. The summed E-state index contributed by atoms with van der Waals surface area (Å²) in [6, 6.07) is 3.90. The highest BCUT2D eigenvalue weighted by molar-refractivity contribution is 9.12. The molecule has 6 heteroatoms. The number of hydrogen-bond acceptors (Lipinski definition) is 2. The summed E-state index contributed by atoms with van der Waals surface area (Å²) in [7, 11) is 0. The zero-order valence-corrected chi connectivity index (χ0v) is 14.8. The maximum Gasteiger partial charge on any atom is 0.266 e. The van der Waals surface area contributed by atoms with Gasteiger partial charge in [-0.05, 0) is 36.2 Å². The van der Waals surface area contributed by atoms with Crippen molar-refractivity contribution in [3.63, 3.8) is 0 Å². The van der Waals surface area contributed by atoms with E-state index in [4.69, 9.17) is 0 Å². The summed E-state index contributed by atoms with van der Waals surface area (Å²) in [5.74, 6) is 0.851. The molecular formula is C17H18BrF2NO2. The van der Waals surface area contributed by atoms with Crippen LogP contribution in [-0.4, -0.2) is 11.8 Å². The topological polar surface area (TPSA) is 46.2 Å². The van der Waals surface area contributed by atoms with Crippen LogP contribution in [0.1, 0.15) is 32.8 Å². The number of carbonyl (C=O) groups excluding carboxylic acids is 2. The van der Waals surface area contributed by atoms with Crippen LogP contribution in [0, 0.1) is 22.4 Å². The fourth-order valence-electron chi connectivity index (χ4n) is 1.46. The van der Waals surface area contributed by atoms with E-state index in [1.165, 1.54) is 18.2 Å². The van der Waals surface area contributed by atoms with Crippen LogP contribution in [0.15, 0.2) is 29.8 Å². The smallest absolute Gasteiger partial charge is 0.266 e. The van der Waals surface area contributed by atoms with Crippen molar-refractivity contribution in [3.8, 4) is 10.8 Å². The second kappa shape index (κ2) is 11.6. The number of carbonyl (C=O) groups is 2. The molecule has 2 amide bonds. The van der Waals surface area contributed by atoms with Gasteiger partial charge in [-0.2, -0.15) is 0 Å². The largest absolute Gasteiger partial charge is 0.292 e. The van der Waals surface area contributed by atoms with Crippen molar-refractivity contribution in [1.82, 2.24) is 5.32 Å². The SMILES string of the molecule is C/C=C(/C#CBr)C(=O)NC(=O)CC.CCc1c(F)cccc1F. The van der Waals surface area contributed by atoms with Gasteiger partial charge in [0.05, 0.1) is 5.57 Å². The van der Waals surface area contributed by atoms with Crippen molar-refractivity contribution < 1.29 is 18.4 Å². The van der Waals surface area contributed by atoms with Gasteiger partial charge in [0.1, 0.15) is 11.6 Å². The van der Waals surface area contributed by atoms with Crippen LogP contribution in [-0.2, 0) is 16.0 Å². The van der Waals surface area contributed by atoms with E-state index in [0.717, 1.165) is 0 Å². The monoisotopic (exact) mass is 385 g/mol. The highest BCUT2D eigenvalue weighted by Crippen LogP contribution is 2.11. The van der Waals surface area contributed by atoms with Gasteiger partial charge in [0.2, 0.25) is 5.91 Å². The molecule has 0 heterocycles. The Hall–Kier alpha value is -2.00. The average molecular weight is 386 g/mol. The number of allylic oxidation sites excluding steroid dienone is 1. The molecule has 0 radical (unpaired) electrons. The second-order valence-electron chi connectivity index (χ2n) is 4.21. The van der Waals surface area contributed by atoms with E-state index in [1.807, 2.05) is 0 Å². The number of benzene rings is 1. The fourth-order valence-corrected chi connectivity index (χ4v) is 1.68. The molecule has 1 rings (SSSR count). The summed E-state index contributed by atoms with van der Waals surface area (Å²) in [5.41, 5.74) is 0.446. The maximum atomic E-state index is 12.6. The minimum atomic E-state index is -0.457. The van der Waals surface area contributed by atoms with E-state index < -0.39 is 17.5 Å². The van der Waals surface area contributed by atoms with E-state index in [2.05, 4.69) is 32.0 Å². The van der Waals surface area contributed by atoms with E-state index >= 15 is 0 Å². The first-order chi connectivity index (χ1) is 10.9. The average Bonchev–Trinajstić information content (AvgIpc) is 2.53. The lowest BCUT2D eigenvalue weighted by atomic mass is 10.1. The van der Waals surface area contributed by atoms with E-state index in [0.29, 0.717) is 6.42 Å². The summed E-state index contributed by atoms with van der Waals surface area (Å²) < 4.78 is 25.2. The Bertz CT molecular complexity index is 625. The van der Waals surface area contributed by atoms with Gasteiger partial charge in [-0.25, -0.2) is 8.78 Å².